The van der Waals surface area contributed by atoms with E-state index in [0.717, 1.165) is 17.0 Å². The molecule has 0 amide bonds. The third-order valence-corrected chi connectivity index (χ3v) is 3.63. The molecule has 0 aliphatic carbocycles. The van der Waals surface area contributed by atoms with Gasteiger partial charge in [-0.25, -0.2) is 9.37 Å². The number of hydrogen-bond donors (Lipinski definition) is 1. The zero-order valence-corrected chi connectivity index (χ0v) is 12.2. The summed E-state index contributed by atoms with van der Waals surface area (Å²) in [6.07, 6.45) is 0. The summed E-state index contributed by atoms with van der Waals surface area (Å²) in [5.74, 6) is 6.76. The summed E-state index contributed by atoms with van der Waals surface area (Å²) in [5, 5.41) is 0.613. The van der Waals surface area contributed by atoms with Gasteiger partial charge in [0.05, 0.1) is 12.2 Å². The summed E-state index contributed by atoms with van der Waals surface area (Å²) in [7, 11) is 0. The van der Waals surface area contributed by atoms with Gasteiger partial charge in [-0.05, 0) is 31.5 Å². The predicted octanol–water partition coefficient (Wildman–Crippen LogP) is 3.03. The Labute approximate surface area is 121 Å². The fraction of sp³-hybridized carbons (Fsp3) is 0.267. The molecule has 3 nitrogen and oxygen atoms in total. The molecule has 0 aliphatic heterocycles. The van der Waals surface area contributed by atoms with Crippen molar-refractivity contribution in [2.24, 2.45) is 5.73 Å². The Morgan fingerprint density at radius 3 is 2.85 bits per heavy atom. The Morgan fingerprint density at radius 1 is 1.40 bits per heavy atom. The maximum absolute atomic E-state index is 13.3. The Hall–Kier alpha value is -1.77. The maximum atomic E-state index is 13.3. The molecular weight excluding hydrogens is 275 g/mol. The highest BCUT2D eigenvalue weighted by Crippen LogP contribution is 2.25. The molecule has 0 aliphatic rings. The van der Waals surface area contributed by atoms with Gasteiger partial charge < -0.3 is 10.2 Å². The van der Waals surface area contributed by atoms with Gasteiger partial charge in [-0.15, -0.1) is 0 Å². The second kappa shape index (κ2) is 6.60. The van der Waals surface area contributed by atoms with Crippen LogP contribution in [0.1, 0.15) is 22.6 Å². The average Bonchev–Trinajstić information content (AvgIpc) is 2.74. The summed E-state index contributed by atoms with van der Waals surface area (Å²) in [6.45, 7) is 4.03. The van der Waals surface area contributed by atoms with Crippen LogP contribution in [0, 0.1) is 31.5 Å². The Kier molecular flexibility index (Phi) is 4.83. The van der Waals surface area contributed by atoms with Crippen LogP contribution in [0.2, 0.25) is 0 Å². The van der Waals surface area contributed by atoms with Gasteiger partial charge in [0.2, 0.25) is 0 Å². The van der Waals surface area contributed by atoms with Crippen molar-refractivity contribution in [2.75, 3.05) is 6.54 Å². The Bertz CT molecular complexity index is 651. The van der Waals surface area contributed by atoms with Crippen LogP contribution >= 0.6 is 11.8 Å². The largest absolute Gasteiger partial charge is 0.437 e. The molecule has 5 heteroatoms. The summed E-state index contributed by atoms with van der Waals surface area (Å²) in [6, 6.07) is 4.58. The van der Waals surface area contributed by atoms with Crippen LogP contribution in [0.3, 0.4) is 0 Å². The molecular formula is C15H15FN2OS. The van der Waals surface area contributed by atoms with Crippen LogP contribution in [0.4, 0.5) is 4.39 Å². The summed E-state index contributed by atoms with van der Waals surface area (Å²) in [5.41, 5.74) is 7.83. The van der Waals surface area contributed by atoms with Crippen LogP contribution in [-0.2, 0) is 5.75 Å². The third-order valence-electron chi connectivity index (χ3n) is 2.76. The molecule has 0 unspecified atom stereocenters. The standard InChI is InChI=1S/C15H15FN2OS/c1-10-11(2)19-15(18-10)20-9-13-5-6-14(16)8-12(13)4-3-7-17/h5-6,8H,7,9,17H2,1-2H3. The van der Waals surface area contributed by atoms with Gasteiger partial charge in [0.15, 0.2) is 0 Å². The summed E-state index contributed by atoms with van der Waals surface area (Å²) < 4.78 is 18.8. The van der Waals surface area contributed by atoms with Crippen molar-refractivity contribution < 1.29 is 8.81 Å². The molecule has 0 spiro atoms. The van der Waals surface area contributed by atoms with Crippen LogP contribution in [0.15, 0.2) is 27.8 Å². The molecule has 0 fully saturated rings. The van der Waals surface area contributed by atoms with Gasteiger partial charge >= 0.3 is 0 Å². The highest BCUT2D eigenvalue weighted by molar-refractivity contribution is 7.98. The van der Waals surface area contributed by atoms with Crippen molar-refractivity contribution in [3.05, 3.63) is 46.6 Å². The smallest absolute Gasteiger partial charge is 0.256 e. The molecule has 0 saturated heterocycles. The van der Waals surface area contributed by atoms with Gasteiger partial charge in [-0.3, -0.25) is 0 Å². The van der Waals surface area contributed by atoms with E-state index >= 15 is 0 Å². The minimum atomic E-state index is -0.303. The van der Waals surface area contributed by atoms with Crippen molar-refractivity contribution in [3.8, 4) is 11.8 Å². The van der Waals surface area contributed by atoms with E-state index in [4.69, 9.17) is 10.2 Å². The quantitative estimate of drug-likeness (QED) is 0.697. The number of hydrogen-bond acceptors (Lipinski definition) is 4. The first kappa shape index (κ1) is 14.6. The minimum Gasteiger partial charge on any atom is -0.437 e. The van der Waals surface area contributed by atoms with Crippen molar-refractivity contribution >= 4 is 11.8 Å². The highest BCUT2D eigenvalue weighted by atomic mass is 32.2. The Morgan fingerprint density at radius 2 is 2.20 bits per heavy atom. The van der Waals surface area contributed by atoms with Crippen molar-refractivity contribution in [3.63, 3.8) is 0 Å². The van der Waals surface area contributed by atoms with Gasteiger partial charge in [-0.1, -0.05) is 29.7 Å². The lowest BCUT2D eigenvalue weighted by Gasteiger charge is -2.03. The number of benzene rings is 1. The number of rotatable bonds is 3. The fourth-order valence-electron chi connectivity index (χ4n) is 1.58. The van der Waals surface area contributed by atoms with Crippen LogP contribution in [0.25, 0.3) is 0 Å². The number of halogens is 1. The number of aromatic nitrogens is 1. The fourth-order valence-corrected chi connectivity index (χ4v) is 2.50. The maximum Gasteiger partial charge on any atom is 0.256 e. The molecule has 2 N–H and O–H groups in total. The molecule has 2 aromatic rings. The van der Waals surface area contributed by atoms with Crippen LogP contribution < -0.4 is 5.73 Å². The van der Waals surface area contributed by atoms with E-state index in [0.29, 0.717) is 16.5 Å². The third kappa shape index (κ3) is 3.62. The minimum absolute atomic E-state index is 0.251. The normalized spacial score (nSPS) is 10.2. The second-order valence-electron chi connectivity index (χ2n) is 4.22. The van der Waals surface area contributed by atoms with Crippen molar-refractivity contribution in [1.82, 2.24) is 4.98 Å². The molecule has 1 aromatic carbocycles. The lowest BCUT2D eigenvalue weighted by atomic mass is 10.1. The first-order valence-electron chi connectivity index (χ1n) is 6.14. The summed E-state index contributed by atoms with van der Waals surface area (Å²) in [4.78, 5) is 4.30. The van der Waals surface area contributed by atoms with Gasteiger partial charge in [0.25, 0.3) is 5.22 Å². The van der Waals surface area contributed by atoms with E-state index in [9.17, 15) is 4.39 Å². The number of oxazole rings is 1. The van der Waals surface area contributed by atoms with Crippen LogP contribution in [0.5, 0.6) is 0 Å². The van der Waals surface area contributed by atoms with E-state index in [1.165, 1.54) is 23.9 Å². The lowest BCUT2D eigenvalue weighted by molar-refractivity contribution is 0.431. The number of nitrogens with two attached hydrogens (primary N) is 1. The SMILES string of the molecule is Cc1nc(SCc2ccc(F)cc2C#CCN)oc1C. The van der Waals surface area contributed by atoms with E-state index in [1.807, 2.05) is 13.8 Å². The second-order valence-corrected chi connectivity index (χ2v) is 5.14. The molecule has 1 heterocycles. The van der Waals surface area contributed by atoms with E-state index in [-0.39, 0.29) is 12.4 Å². The molecule has 104 valence electrons. The molecule has 0 saturated carbocycles. The highest BCUT2D eigenvalue weighted by Gasteiger charge is 2.08. The van der Waals surface area contributed by atoms with Gasteiger partial charge in [0.1, 0.15) is 11.6 Å². The first-order chi connectivity index (χ1) is 9.60. The number of thioether (sulfide) groups is 1. The molecule has 0 bridgehead atoms. The lowest BCUT2D eigenvalue weighted by Crippen LogP contribution is -1.95. The van der Waals surface area contributed by atoms with Gasteiger partial charge in [0, 0.05) is 11.3 Å². The molecule has 0 atom stereocenters. The number of nitrogens with zero attached hydrogens (tertiary/aromatic N) is 1. The predicted molar refractivity (Wildman–Crippen MR) is 77.9 cm³/mol. The van der Waals surface area contributed by atoms with E-state index in [1.54, 1.807) is 6.07 Å². The molecule has 20 heavy (non-hydrogen) atoms. The topological polar surface area (TPSA) is 52.0 Å². The van der Waals surface area contributed by atoms with E-state index in [2.05, 4.69) is 16.8 Å². The van der Waals surface area contributed by atoms with Crippen molar-refractivity contribution in [1.29, 1.82) is 0 Å². The Balaban J connectivity index is 2.16. The monoisotopic (exact) mass is 290 g/mol. The summed E-state index contributed by atoms with van der Waals surface area (Å²) >= 11 is 1.46. The zero-order chi connectivity index (χ0) is 14.5. The molecule has 1 aromatic heterocycles. The molecule has 0 radical (unpaired) electrons. The zero-order valence-electron chi connectivity index (χ0n) is 11.4. The first-order valence-corrected chi connectivity index (χ1v) is 7.13. The average molecular weight is 290 g/mol. The number of aryl methyl sites for hydroxylation is 2. The van der Waals surface area contributed by atoms with Crippen LogP contribution in [-0.4, -0.2) is 11.5 Å². The van der Waals surface area contributed by atoms with E-state index < -0.39 is 0 Å². The molecule has 2 rings (SSSR count). The van der Waals surface area contributed by atoms with Gasteiger partial charge in [-0.2, -0.15) is 0 Å². The van der Waals surface area contributed by atoms with Crippen molar-refractivity contribution in [2.45, 2.75) is 24.8 Å².